The van der Waals surface area contributed by atoms with E-state index >= 15 is 0 Å². The quantitative estimate of drug-likeness (QED) is 0.771. The maximum atomic E-state index is 9.15. The molecular formula is C12H19NO. The topological polar surface area (TPSA) is 46.2 Å². The van der Waals surface area contributed by atoms with Gasteiger partial charge >= 0.3 is 0 Å². The Hall–Kier alpha value is -0.860. The molecule has 0 radical (unpaired) electrons. The van der Waals surface area contributed by atoms with Gasteiger partial charge in [-0.15, -0.1) is 0 Å². The van der Waals surface area contributed by atoms with Crippen LogP contribution in [0.4, 0.5) is 0 Å². The molecule has 78 valence electrons. The molecule has 1 aromatic rings. The minimum Gasteiger partial charge on any atom is -0.394 e. The van der Waals surface area contributed by atoms with E-state index in [1.807, 2.05) is 19.1 Å². The summed E-state index contributed by atoms with van der Waals surface area (Å²) in [7, 11) is 0. The molecule has 2 nitrogen and oxygen atoms in total. The Bertz CT molecular complexity index is 305. The lowest BCUT2D eigenvalue weighted by molar-refractivity contribution is 0.210. The molecular weight excluding hydrogens is 174 g/mol. The molecule has 14 heavy (non-hydrogen) atoms. The van der Waals surface area contributed by atoms with Gasteiger partial charge in [-0.05, 0) is 24.0 Å². The number of rotatable bonds is 3. The first kappa shape index (κ1) is 11.2. The van der Waals surface area contributed by atoms with Gasteiger partial charge in [0.05, 0.1) is 12.1 Å². The maximum Gasteiger partial charge on any atom is 0.0650 e. The lowest BCUT2D eigenvalue weighted by Gasteiger charge is -2.23. The molecule has 0 aliphatic heterocycles. The van der Waals surface area contributed by atoms with E-state index in [9.17, 15) is 0 Å². The molecule has 1 rings (SSSR count). The third kappa shape index (κ3) is 2.34. The van der Waals surface area contributed by atoms with Gasteiger partial charge in [-0.2, -0.15) is 0 Å². The van der Waals surface area contributed by atoms with Gasteiger partial charge in [0, 0.05) is 0 Å². The number of aliphatic hydroxyl groups is 1. The molecule has 0 bridgehead atoms. The van der Waals surface area contributed by atoms with Crippen LogP contribution in [0.25, 0.3) is 0 Å². The smallest absolute Gasteiger partial charge is 0.0650 e. The van der Waals surface area contributed by atoms with Gasteiger partial charge < -0.3 is 10.8 Å². The highest BCUT2D eigenvalue weighted by Crippen LogP contribution is 2.22. The minimum atomic E-state index is -0.634. The largest absolute Gasteiger partial charge is 0.394 e. The Morgan fingerprint density at radius 2 is 2.07 bits per heavy atom. The molecule has 1 aromatic carbocycles. The fourth-order valence-electron chi connectivity index (χ4n) is 1.34. The summed E-state index contributed by atoms with van der Waals surface area (Å²) in [5.41, 5.74) is 7.57. The van der Waals surface area contributed by atoms with Crippen LogP contribution in [0, 0.1) is 0 Å². The average Bonchev–Trinajstić information content (AvgIpc) is 2.18. The number of nitrogens with two attached hydrogens (primary N) is 1. The summed E-state index contributed by atoms with van der Waals surface area (Å²) in [6.45, 7) is 6.10. The first-order chi connectivity index (χ1) is 6.47. The molecule has 0 heterocycles. The van der Waals surface area contributed by atoms with E-state index in [1.54, 1.807) is 0 Å². The Morgan fingerprint density at radius 3 is 2.57 bits per heavy atom. The second-order valence-corrected chi connectivity index (χ2v) is 4.36. The van der Waals surface area contributed by atoms with Crippen LogP contribution in [0.3, 0.4) is 0 Å². The predicted octanol–water partition coefficient (Wildman–Crippen LogP) is 1.98. The molecule has 0 spiro atoms. The first-order valence-electron chi connectivity index (χ1n) is 4.97. The highest BCUT2D eigenvalue weighted by Gasteiger charge is 2.20. The third-order valence-electron chi connectivity index (χ3n) is 2.54. The van der Waals surface area contributed by atoms with E-state index in [4.69, 9.17) is 10.8 Å². The average molecular weight is 193 g/mol. The van der Waals surface area contributed by atoms with Gasteiger partial charge in [0.25, 0.3) is 0 Å². The van der Waals surface area contributed by atoms with E-state index in [-0.39, 0.29) is 6.61 Å². The molecule has 0 fully saturated rings. The maximum absolute atomic E-state index is 9.15. The fourth-order valence-corrected chi connectivity index (χ4v) is 1.34. The van der Waals surface area contributed by atoms with Crippen molar-refractivity contribution in [2.24, 2.45) is 5.73 Å². The van der Waals surface area contributed by atoms with Gasteiger partial charge in [0.15, 0.2) is 0 Å². The molecule has 3 N–H and O–H groups in total. The third-order valence-corrected chi connectivity index (χ3v) is 2.54. The van der Waals surface area contributed by atoms with Crippen molar-refractivity contribution in [2.75, 3.05) is 6.61 Å². The lowest BCUT2D eigenvalue weighted by atomic mass is 9.90. The van der Waals surface area contributed by atoms with Gasteiger partial charge in [-0.3, -0.25) is 0 Å². The normalized spacial score (nSPS) is 15.6. The highest BCUT2D eigenvalue weighted by molar-refractivity contribution is 5.30. The molecule has 2 heteroatoms. The van der Waals surface area contributed by atoms with Crippen molar-refractivity contribution in [2.45, 2.75) is 32.2 Å². The molecule has 0 unspecified atom stereocenters. The first-order valence-corrected chi connectivity index (χ1v) is 4.97. The number of aliphatic hydroxyl groups excluding tert-OH is 1. The summed E-state index contributed by atoms with van der Waals surface area (Å²) in [6, 6.07) is 8.11. The Balaban J connectivity index is 3.05. The number of hydrogen-bond acceptors (Lipinski definition) is 2. The van der Waals surface area contributed by atoms with Crippen molar-refractivity contribution < 1.29 is 5.11 Å². The van der Waals surface area contributed by atoms with Crippen molar-refractivity contribution in [1.29, 1.82) is 0 Å². The van der Waals surface area contributed by atoms with Gasteiger partial charge in [-0.25, -0.2) is 0 Å². The van der Waals surface area contributed by atoms with Gasteiger partial charge in [-0.1, -0.05) is 38.1 Å². The molecule has 0 aromatic heterocycles. The molecule has 0 amide bonds. The zero-order valence-electron chi connectivity index (χ0n) is 9.12. The van der Waals surface area contributed by atoms with Crippen LogP contribution in [0.15, 0.2) is 24.3 Å². The standard InChI is InChI=1S/C12H19NO/c1-9(2)10-5-4-6-11(7-10)12(3,13)8-14/h4-7,9,14H,8,13H2,1-3H3/t12-/m0/s1. The van der Waals surface area contributed by atoms with Crippen molar-refractivity contribution in [3.8, 4) is 0 Å². The number of benzene rings is 1. The summed E-state index contributed by atoms with van der Waals surface area (Å²) in [5.74, 6) is 0.490. The van der Waals surface area contributed by atoms with Crippen LogP contribution in [0.5, 0.6) is 0 Å². The molecule has 0 aliphatic rings. The van der Waals surface area contributed by atoms with Crippen LogP contribution >= 0.6 is 0 Å². The number of hydrogen-bond donors (Lipinski definition) is 2. The van der Waals surface area contributed by atoms with E-state index in [0.29, 0.717) is 5.92 Å². The second kappa shape index (κ2) is 4.11. The monoisotopic (exact) mass is 193 g/mol. The SMILES string of the molecule is CC(C)c1cccc([C@@](C)(N)CO)c1. The van der Waals surface area contributed by atoms with Gasteiger partial charge in [0.2, 0.25) is 0 Å². The minimum absolute atomic E-state index is 0.0332. The predicted molar refractivity (Wildman–Crippen MR) is 59.2 cm³/mol. The lowest BCUT2D eigenvalue weighted by Crippen LogP contribution is -2.36. The fraction of sp³-hybridized carbons (Fsp3) is 0.500. The van der Waals surface area contributed by atoms with E-state index in [2.05, 4.69) is 26.0 Å². The van der Waals surface area contributed by atoms with Crippen molar-refractivity contribution >= 4 is 0 Å². The summed E-state index contributed by atoms with van der Waals surface area (Å²) in [4.78, 5) is 0. The van der Waals surface area contributed by atoms with Crippen LogP contribution in [-0.2, 0) is 5.54 Å². The Morgan fingerprint density at radius 1 is 1.43 bits per heavy atom. The van der Waals surface area contributed by atoms with Crippen LogP contribution in [0.1, 0.15) is 37.8 Å². The zero-order chi connectivity index (χ0) is 10.8. The molecule has 1 atom stereocenters. The van der Waals surface area contributed by atoms with Crippen molar-refractivity contribution in [1.82, 2.24) is 0 Å². The van der Waals surface area contributed by atoms with E-state index in [1.165, 1.54) is 5.56 Å². The molecule has 0 saturated carbocycles. The summed E-state index contributed by atoms with van der Waals surface area (Å²) in [6.07, 6.45) is 0. The van der Waals surface area contributed by atoms with Gasteiger partial charge in [0.1, 0.15) is 0 Å². The summed E-state index contributed by atoms with van der Waals surface area (Å²) >= 11 is 0. The van der Waals surface area contributed by atoms with Crippen LogP contribution in [0.2, 0.25) is 0 Å². The Kier molecular flexibility index (Phi) is 3.29. The molecule has 0 saturated heterocycles. The van der Waals surface area contributed by atoms with E-state index < -0.39 is 5.54 Å². The van der Waals surface area contributed by atoms with Crippen LogP contribution < -0.4 is 5.73 Å². The summed E-state index contributed by atoms with van der Waals surface area (Å²) in [5, 5.41) is 9.15. The Labute approximate surface area is 85.8 Å². The highest BCUT2D eigenvalue weighted by atomic mass is 16.3. The van der Waals surface area contributed by atoms with Crippen LogP contribution in [-0.4, -0.2) is 11.7 Å². The van der Waals surface area contributed by atoms with E-state index in [0.717, 1.165) is 5.56 Å². The second-order valence-electron chi connectivity index (χ2n) is 4.36. The van der Waals surface area contributed by atoms with Crippen molar-refractivity contribution in [3.63, 3.8) is 0 Å². The van der Waals surface area contributed by atoms with Crippen molar-refractivity contribution in [3.05, 3.63) is 35.4 Å². The molecule has 0 aliphatic carbocycles. The zero-order valence-corrected chi connectivity index (χ0v) is 9.12. The summed E-state index contributed by atoms with van der Waals surface area (Å²) < 4.78 is 0.